The van der Waals surface area contributed by atoms with Gasteiger partial charge in [-0.3, -0.25) is 4.79 Å². The number of ether oxygens (including phenoxy) is 1. The van der Waals surface area contributed by atoms with E-state index in [9.17, 15) is 4.79 Å². The van der Waals surface area contributed by atoms with E-state index < -0.39 is 0 Å². The van der Waals surface area contributed by atoms with Crippen molar-refractivity contribution in [2.45, 2.75) is 50.5 Å². The Labute approximate surface area is 125 Å². The molecule has 0 bridgehead atoms. The van der Waals surface area contributed by atoms with Crippen LogP contribution in [0, 0.1) is 11.8 Å². The monoisotopic (exact) mass is 285 g/mol. The molecule has 1 saturated heterocycles. The number of aryl methyl sites for hydroxylation is 1. The third kappa shape index (κ3) is 1.87. The van der Waals surface area contributed by atoms with Crippen molar-refractivity contribution in [2.75, 3.05) is 6.61 Å². The third-order valence-corrected chi connectivity index (χ3v) is 6.21. The predicted octanol–water partition coefficient (Wildman–Crippen LogP) is 3.02. The number of amides is 1. The quantitative estimate of drug-likeness (QED) is 0.862. The van der Waals surface area contributed by atoms with E-state index in [4.69, 9.17) is 10.5 Å². The van der Waals surface area contributed by atoms with E-state index in [2.05, 4.69) is 13.0 Å². The van der Waals surface area contributed by atoms with E-state index in [1.165, 1.54) is 24.0 Å². The third-order valence-electron chi connectivity index (χ3n) is 6.21. The molecular weight excluding hydrogens is 262 g/mol. The summed E-state index contributed by atoms with van der Waals surface area (Å²) in [5.74, 6) is 1.52. The van der Waals surface area contributed by atoms with Gasteiger partial charge in [0.15, 0.2) is 0 Å². The van der Waals surface area contributed by atoms with E-state index in [0.717, 1.165) is 31.4 Å². The lowest BCUT2D eigenvalue weighted by Crippen LogP contribution is -2.45. The fraction of sp³-hybridized carbons (Fsp3) is 0.611. The van der Waals surface area contributed by atoms with Crippen LogP contribution in [0.15, 0.2) is 18.2 Å². The number of hydrogen-bond donors (Lipinski definition) is 1. The molecule has 4 atom stereocenters. The van der Waals surface area contributed by atoms with Gasteiger partial charge in [0.05, 0.1) is 5.60 Å². The Balaban J connectivity index is 1.78. The van der Waals surface area contributed by atoms with Crippen LogP contribution in [0.25, 0.3) is 0 Å². The number of benzene rings is 1. The highest BCUT2D eigenvalue weighted by Gasteiger charge is 2.51. The van der Waals surface area contributed by atoms with E-state index in [-0.39, 0.29) is 11.5 Å². The Morgan fingerprint density at radius 3 is 3.00 bits per heavy atom. The number of primary amides is 1. The molecule has 2 fully saturated rings. The van der Waals surface area contributed by atoms with E-state index in [1.807, 2.05) is 12.1 Å². The standard InChI is InChI=1S/C18H23NO2/c1-18-9-7-13-12(15(18)8-10-21-18)6-5-11-3-2-4-14(16(11)13)17(19)20/h2-4,12-13,15H,5-10H2,1H3,(H2,19,20)/t12-,13+,15+,18+/m1/s1. The Morgan fingerprint density at radius 2 is 2.19 bits per heavy atom. The molecule has 1 aromatic rings. The van der Waals surface area contributed by atoms with E-state index >= 15 is 0 Å². The number of nitrogens with two attached hydrogens (primary N) is 1. The minimum Gasteiger partial charge on any atom is -0.375 e. The molecule has 1 aromatic carbocycles. The smallest absolute Gasteiger partial charge is 0.248 e. The number of carbonyl (C=O) groups is 1. The van der Waals surface area contributed by atoms with Gasteiger partial charge in [-0.1, -0.05) is 12.1 Å². The van der Waals surface area contributed by atoms with Crippen molar-refractivity contribution in [3.05, 3.63) is 34.9 Å². The Kier molecular flexibility index (Phi) is 2.90. The van der Waals surface area contributed by atoms with Gasteiger partial charge >= 0.3 is 0 Å². The summed E-state index contributed by atoms with van der Waals surface area (Å²) in [6.07, 6.45) is 5.69. The largest absolute Gasteiger partial charge is 0.375 e. The molecule has 1 aliphatic heterocycles. The molecule has 1 amide bonds. The zero-order valence-corrected chi connectivity index (χ0v) is 12.6. The van der Waals surface area contributed by atoms with Gasteiger partial charge in [0.25, 0.3) is 0 Å². The molecule has 0 unspecified atom stereocenters. The molecule has 21 heavy (non-hydrogen) atoms. The molecule has 3 aliphatic rings. The fourth-order valence-corrected chi connectivity index (χ4v) is 5.26. The lowest BCUT2D eigenvalue weighted by atomic mass is 9.58. The summed E-state index contributed by atoms with van der Waals surface area (Å²) in [4.78, 5) is 11.8. The highest BCUT2D eigenvalue weighted by Crippen LogP contribution is 2.56. The summed E-state index contributed by atoms with van der Waals surface area (Å²) in [7, 11) is 0. The van der Waals surface area contributed by atoms with Crippen molar-refractivity contribution in [1.29, 1.82) is 0 Å². The van der Waals surface area contributed by atoms with Crippen LogP contribution in [0.1, 0.15) is 60.0 Å². The van der Waals surface area contributed by atoms with Gasteiger partial charge in [0.1, 0.15) is 0 Å². The first kappa shape index (κ1) is 13.3. The molecule has 0 spiro atoms. The maximum Gasteiger partial charge on any atom is 0.248 e. The summed E-state index contributed by atoms with van der Waals surface area (Å²) in [6, 6.07) is 6.06. The first-order valence-electron chi connectivity index (χ1n) is 8.16. The van der Waals surface area contributed by atoms with E-state index in [0.29, 0.717) is 17.8 Å². The average molecular weight is 285 g/mol. The molecule has 4 rings (SSSR count). The van der Waals surface area contributed by atoms with Crippen LogP contribution in [0.2, 0.25) is 0 Å². The maximum absolute atomic E-state index is 11.8. The minimum absolute atomic E-state index is 0.0698. The molecule has 2 N–H and O–H groups in total. The van der Waals surface area contributed by atoms with Crippen molar-refractivity contribution in [2.24, 2.45) is 17.6 Å². The Morgan fingerprint density at radius 1 is 1.33 bits per heavy atom. The van der Waals surface area contributed by atoms with E-state index in [1.54, 1.807) is 0 Å². The van der Waals surface area contributed by atoms with Crippen LogP contribution >= 0.6 is 0 Å². The van der Waals surface area contributed by atoms with Crippen molar-refractivity contribution >= 4 is 5.91 Å². The summed E-state index contributed by atoms with van der Waals surface area (Å²) >= 11 is 0. The van der Waals surface area contributed by atoms with Gasteiger partial charge in [0.2, 0.25) is 5.91 Å². The molecular formula is C18H23NO2. The van der Waals surface area contributed by atoms with Crippen LogP contribution in [-0.4, -0.2) is 18.1 Å². The number of fused-ring (bicyclic) bond motifs is 5. The van der Waals surface area contributed by atoms with Crippen molar-refractivity contribution in [1.82, 2.24) is 0 Å². The van der Waals surface area contributed by atoms with Gasteiger partial charge in [-0.15, -0.1) is 0 Å². The van der Waals surface area contributed by atoms with Gasteiger partial charge < -0.3 is 10.5 Å². The second kappa shape index (κ2) is 4.57. The number of hydrogen-bond acceptors (Lipinski definition) is 2. The predicted molar refractivity (Wildman–Crippen MR) is 81.2 cm³/mol. The van der Waals surface area contributed by atoms with Crippen molar-refractivity contribution < 1.29 is 9.53 Å². The van der Waals surface area contributed by atoms with Crippen molar-refractivity contribution in [3.63, 3.8) is 0 Å². The zero-order chi connectivity index (χ0) is 14.6. The topological polar surface area (TPSA) is 52.3 Å². The Bertz CT molecular complexity index is 597. The molecule has 1 saturated carbocycles. The SMILES string of the molecule is C[C@]12CC[C@@H]3c4c(cccc4C(N)=O)CC[C@H]3[C@@H]1CCO2. The summed E-state index contributed by atoms with van der Waals surface area (Å²) in [6.45, 7) is 3.19. The van der Waals surface area contributed by atoms with Crippen LogP contribution in [0.4, 0.5) is 0 Å². The lowest BCUT2D eigenvalue weighted by molar-refractivity contribution is -0.0567. The van der Waals surface area contributed by atoms with Crippen molar-refractivity contribution in [3.8, 4) is 0 Å². The van der Waals surface area contributed by atoms with Crippen LogP contribution in [0.3, 0.4) is 0 Å². The second-order valence-electron chi connectivity index (χ2n) is 7.15. The maximum atomic E-state index is 11.8. The molecule has 112 valence electrons. The summed E-state index contributed by atoms with van der Waals surface area (Å²) < 4.78 is 6.07. The molecule has 0 radical (unpaired) electrons. The van der Waals surface area contributed by atoms with Gasteiger partial charge in [-0.05, 0) is 74.0 Å². The minimum atomic E-state index is -0.275. The van der Waals surface area contributed by atoms with Gasteiger partial charge in [-0.25, -0.2) is 0 Å². The van der Waals surface area contributed by atoms with Crippen LogP contribution in [0.5, 0.6) is 0 Å². The highest BCUT2D eigenvalue weighted by atomic mass is 16.5. The van der Waals surface area contributed by atoms with Crippen LogP contribution < -0.4 is 5.73 Å². The van der Waals surface area contributed by atoms with Gasteiger partial charge in [-0.2, -0.15) is 0 Å². The first-order chi connectivity index (χ1) is 10.1. The number of carbonyl (C=O) groups excluding carboxylic acids is 1. The normalized spacial score (nSPS) is 37.5. The molecule has 3 heteroatoms. The molecule has 2 aliphatic carbocycles. The Hall–Kier alpha value is -1.35. The van der Waals surface area contributed by atoms with Crippen LogP contribution in [-0.2, 0) is 11.2 Å². The first-order valence-corrected chi connectivity index (χ1v) is 8.16. The summed E-state index contributed by atoms with van der Waals surface area (Å²) in [5, 5.41) is 0. The summed E-state index contributed by atoms with van der Waals surface area (Å²) in [5.41, 5.74) is 9.06. The van der Waals surface area contributed by atoms with Gasteiger partial charge in [0, 0.05) is 12.2 Å². The molecule has 0 aromatic heterocycles. The fourth-order valence-electron chi connectivity index (χ4n) is 5.26. The number of rotatable bonds is 1. The molecule has 1 heterocycles. The average Bonchev–Trinajstić information content (AvgIpc) is 2.88. The highest BCUT2D eigenvalue weighted by molar-refractivity contribution is 5.95. The second-order valence-corrected chi connectivity index (χ2v) is 7.15. The molecule has 3 nitrogen and oxygen atoms in total. The zero-order valence-electron chi connectivity index (χ0n) is 12.6. The lowest BCUT2D eigenvalue weighted by Gasteiger charge is -2.48.